The van der Waals surface area contributed by atoms with Gasteiger partial charge >= 0.3 is 11.7 Å². The van der Waals surface area contributed by atoms with Crippen LogP contribution in [-0.4, -0.2) is 34.8 Å². The van der Waals surface area contributed by atoms with Crippen LogP contribution in [0.4, 0.5) is 0 Å². The van der Waals surface area contributed by atoms with E-state index in [1.807, 2.05) is 41.5 Å². The number of aromatic nitrogens is 2. The molecule has 146 valence electrons. The minimum Gasteiger partial charge on any atom is -0.463 e. The molecule has 0 bridgehead atoms. The van der Waals surface area contributed by atoms with Gasteiger partial charge in [0.2, 0.25) is 0 Å². The Bertz CT molecular complexity index is 557. The molecular weight excluding hydrogens is 324 g/mol. The maximum atomic E-state index is 11.0. The van der Waals surface area contributed by atoms with E-state index in [0.717, 1.165) is 19.4 Å². The molecule has 1 unspecified atom stereocenters. The topological polar surface area (TPSA) is 90.4 Å². The standard InChI is InChI=1S/C9H16O3.C5H6N2O2.2C2H6/c1-7(2)9(10)12-6-8-4-3-5-11-8;1-7-3-2-4(8)6-5(7)9;2*1-2/h7-8H,3-6H2,1-2H3;2-3H,1H3,(H,6,8,9);2*1-2H3. The molecule has 1 aliphatic heterocycles. The second-order valence-corrected chi connectivity index (χ2v) is 5.14. The van der Waals surface area contributed by atoms with Gasteiger partial charge in [0.25, 0.3) is 5.56 Å². The molecule has 1 aromatic heterocycles. The first kappa shape index (κ1) is 25.4. The van der Waals surface area contributed by atoms with E-state index in [4.69, 9.17) is 9.47 Å². The average Bonchev–Trinajstić information content (AvgIpc) is 3.14. The van der Waals surface area contributed by atoms with Gasteiger partial charge in [-0.25, -0.2) is 4.79 Å². The highest BCUT2D eigenvalue weighted by Gasteiger charge is 2.18. The van der Waals surface area contributed by atoms with Gasteiger partial charge in [-0.05, 0) is 12.8 Å². The monoisotopic (exact) mass is 358 g/mol. The van der Waals surface area contributed by atoms with Crippen LogP contribution in [0.3, 0.4) is 0 Å². The third kappa shape index (κ3) is 12.2. The largest absolute Gasteiger partial charge is 0.463 e. The fourth-order valence-corrected chi connectivity index (χ4v) is 1.60. The van der Waals surface area contributed by atoms with Crippen molar-refractivity contribution in [1.29, 1.82) is 0 Å². The normalized spacial score (nSPS) is 15.0. The summed E-state index contributed by atoms with van der Waals surface area (Å²) in [5.74, 6) is -0.170. The second-order valence-electron chi connectivity index (χ2n) is 5.14. The molecule has 0 saturated carbocycles. The van der Waals surface area contributed by atoms with Crippen molar-refractivity contribution in [2.75, 3.05) is 13.2 Å². The fraction of sp³-hybridized carbons (Fsp3) is 0.722. The summed E-state index contributed by atoms with van der Waals surface area (Å²) in [5, 5.41) is 0. The number of nitrogens with zero attached hydrogens (tertiary/aromatic N) is 1. The molecule has 0 spiro atoms. The van der Waals surface area contributed by atoms with Crippen LogP contribution in [0.15, 0.2) is 21.9 Å². The number of nitrogens with one attached hydrogen (secondary N) is 1. The Morgan fingerprint density at radius 3 is 2.32 bits per heavy atom. The first-order chi connectivity index (χ1) is 11.9. The van der Waals surface area contributed by atoms with Gasteiger partial charge in [0.1, 0.15) is 6.61 Å². The number of rotatable bonds is 3. The Labute approximate surface area is 150 Å². The van der Waals surface area contributed by atoms with Gasteiger partial charge in [0, 0.05) is 25.9 Å². The van der Waals surface area contributed by atoms with Gasteiger partial charge in [-0.2, -0.15) is 0 Å². The summed E-state index contributed by atoms with van der Waals surface area (Å²) >= 11 is 0. The summed E-state index contributed by atoms with van der Waals surface area (Å²) < 4.78 is 11.6. The molecule has 1 aromatic rings. The molecule has 2 heterocycles. The number of carbonyl (C=O) groups excluding carboxylic acids is 1. The lowest BCUT2D eigenvalue weighted by Gasteiger charge is -2.11. The van der Waals surface area contributed by atoms with Crippen molar-refractivity contribution >= 4 is 5.97 Å². The average molecular weight is 358 g/mol. The summed E-state index contributed by atoms with van der Waals surface area (Å²) in [5.41, 5.74) is -0.749. The molecule has 7 nitrogen and oxygen atoms in total. The number of hydrogen-bond acceptors (Lipinski definition) is 5. The van der Waals surface area contributed by atoms with Crippen LogP contribution < -0.4 is 11.2 Å². The molecule has 1 N–H and O–H groups in total. The number of carbonyl (C=O) groups is 1. The van der Waals surface area contributed by atoms with Gasteiger partial charge in [0.15, 0.2) is 0 Å². The number of ether oxygens (including phenoxy) is 2. The number of aromatic amines is 1. The van der Waals surface area contributed by atoms with Crippen molar-refractivity contribution in [1.82, 2.24) is 9.55 Å². The number of aryl methyl sites for hydroxylation is 1. The third-order valence-electron chi connectivity index (χ3n) is 2.91. The van der Waals surface area contributed by atoms with Crippen LogP contribution in [0.25, 0.3) is 0 Å². The lowest BCUT2D eigenvalue weighted by Crippen LogP contribution is -2.26. The van der Waals surface area contributed by atoms with E-state index in [0.29, 0.717) is 6.61 Å². The van der Waals surface area contributed by atoms with E-state index >= 15 is 0 Å². The van der Waals surface area contributed by atoms with Crippen LogP contribution in [0, 0.1) is 5.92 Å². The predicted octanol–water partition coefficient (Wildman–Crippen LogP) is 2.49. The zero-order chi connectivity index (χ0) is 19.8. The minimum absolute atomic E-state index is 0.0357. The molecule has 0 radical (unpaired) electrons. The van der Waals surface area contributed by atoms with E-state index in [9.17, 15) is 14.4 Å². The van der Waals surface area contributed by atoms with Gasteiger partial charge in [0.05, 0.1) is 12.0 Å². The Hall–Kier alpha value is -1.89. The Morgan fingerprint density at radius 1 is 1.32 bits per heavy atom. The van der Waals surface area contributed by atoms with Crippen molar-refractivity contribution in [3.8, 4) is 0 Å². The fourth-order valence-electron chi connectivity index (χ4n) is 1.60. The maximum absolute atomic E-state index is 11.0. The van der Waals surface area contributed by atoms with Crippen LogP contribution in [0.5, 0.6) is 0 Å². The SMILES string of the molecule is CC.CC.CC(C)C(=O)OCC1CCCO1.Cn1ccc(=O)[nH]c1=O. The van der Waals surface area contributed by atoms with Gasteiger partial charge in [-0.3, -0.25) is 14.6 Å². The third-order valence-corrected chi connectivity index (χ3v) is 2.91. The highest BCUT2D eigenvalue weighted by atomic mass is 16.6. The summed E-state index contributed by atoms with van der Waals surface area (Å²) in [6.45, 7) is 12.9. The van der Waals surface area contributed by atoms with E-state index in [1.54, 1.807) is 7.05 Å². The highest BCUT2D eigenvalue weighted by Crippen LogP contribution is 2.12. The first-order valence-electron chi connectivity index (χ1n) is 8.94. The lowest BCUT2D eigenvalue weighted by molar-refractivity contribution is -0.150. The molecule has 7 heteroatoms. The van der Waals surface area contributed by atoms with Crippen LogP contribution in [0.1, 0.15) is 54.4 Å². The lowest BCUT2D eigenvalue weighted by atomic mass is 10.2. The molecule has 0 aromatic carbocycles. The quantitative estimate of drug-likeness (QED) is 0.838. The van der Waals surface area contributed by atoms with Crippen molar-refractivity contribution in [2.45, 2.75) is 60.5 Å². The zero-order valence-electron chi connectivity index (χ0n) is 16.6. The molecular formula is C18H34N2O5. The Kier molecular flexibility index (Phi) is 15.8. The smallest absolute Gasteiger partial charge is 0.328 e. The van der Waals surface area contributed by atoms with Gasteiger partial charge < -0.3 is 14.0 Å². The van der Waals surface area contributed by atoms with Gasteiger partial charge in [-0.1, -0.05) is 41.5 Å². The molecule has 0 amide bonds. The number of esters is 1. The van der Waals surface area contributed by atoms with Gasteiger partial charge in [-0.15, -0.1) is 0 Å². The van der Waals surface area contributed by atoms with Crippen LogP contribution in [0.2, 0.25) is 0 Å². The predicted molar refractivity (Wildman–Crippen MR) is 99.8 cm³/mol. The maximum Gasteiger partial charge on any atom is 0.328 e. The zero-order valence-corrected chi connectivity index (χ0v) is 16.6. The Morgan fingerprint density at radius 2 is 1.92 bits per heavy atom. The molecule has 1 aliphatic rings. The molecule has 2 rings (SSSR count). The molecule has 1 fully saturated rings. The number of hydrogen-bond donors (Lipinski definition) is 1. The molecule has 1 atom stereocenters. The second kappa shape index (κ2) is 15.6. The van der Waals surface area contributed by atoms with E-state index in [1.165, 1.54) is 16.8 Å². The highest BCUT2D eigenvalue weighted by molar-refractivity contribution is 5.71. The summed E-state index contributed by atoms with van der Waals surface area (Å²) in [4.78, 5) is 34.0. The summed E-state index contributed by atoms with van der Waals surface area (Å²) in [7, 11) is 1.57. The van der Waals surface area contributed by atoms with Crippen LogP contribution >= 0.6 is 0 Å². The van der Waals surface area contributed by atoms with Crippen LogP contribution in [-0.2, 0) is 21.3 Å². The van der Waals surface area contributed by atoms with Crippen molar-refractivity contribution in [3.63, 3.8) is 0 Å². The van der Waals surface area contributed by atoms with E-state index in [2.05, 4.69) is 4.98 Å². The number of H-pyrrole nitrogens is 1. The summed E-state index contributed by atoms with van der Waals surface area (Å²) in [6.07, 6.45) is 3.67. The minimum atomic E-state index is -0.387. The molecule has 25 heavy (non-hydrogen) atoms. The molecule has 0 aliphatic carbocycles. The van der Waals surface area contributed by atoms with E-state index in [-0.39, 0.29) is 29.2 Å². The Balaban J connectivity index is 0. The van der Waals surface area contributed by atoms with Crippen molar-refractivity contribution < 1.29 is 14.3 Å². The van der Waals surface area contributed by atoms with E-state index < -0.39 is 0 Å². The first-order valence-corrected chi connectivity index (χ1v) is 8.94. The summed E-state index contributed by atoms with van der Waals surface area (Å²) in [6, 6.07) is 1.29. The molecule has 1 saturated heterocycles. The van der Waals surface area contributed by atoms with Crippen molar-refractivity contribution in [3.05, 3.63) is 33.1 Å². The van der Waals surface area contributed by atoms with Crippen molar-refractivity contribution in [2.24, 2.45) is 13.0 Å².